The number of rotatable bonds is 8. The number of hydrogen-bond acceptors (Lipinski definition) is 8. The van der Waals surface area contributed by atoms with Gasteiger partial charge in [-0.1, -0.05) is 30.0 Å². The third-order valence-electron chi connectivity index (χ3n) is 4.46. The third-order valence-corrected chi connectivity index (χ3v) is 5.40. The summed E-state index contributed by atoms with van der Waals surface area (Å²) >= 11 is 1.13. The number of nitrogens with zero attached hydrogens (tertiary/aromatic N) is 2. The molecule has 2 aromatic carbocycles. The second-order valence-corrected chi connectivity index (χ2v) is 8.05. The maximum Gasteiger partial charge on any atom is 0.277 e. The van der Waals surface area contributed by atoms with E-state index in [1.165, 1.54) is 12.1 Å². The van der Waals surface area contributed by atoms with E-state index in [0.717, 1.165) is 17.3 Å². The van der Waals surface area contributed by atoms with Gasteiger partial charge in [0.25, 0.3) is 11.1 Å². The topological polar surface area (TPSA) is 95.7 Å². The number of carbonyl (C=O) groups excluding carboxylic acids is 1. The summed E-state index contributed by atoms with van der Waals surface area (Å²) in [6, 6.07) is 11.6. The molecule has 8 nitrogen and oxygen atoms in total. The van der Waals surface area contributed by atoms with Gasteiger partial charge in [0.15, 0.2) is 29.2 Å². The summed E-state index contributed by atoms with van der Waals surface area (Å²) in [4.78, 5) is 12.4. The predicted molar refractivity (Wildman–Crippen MR) is 109 cm³/mol. The number of hydrogen-bond donors (Lipinski definition) is 1. The van der Waals surface area contributed by atoms with Crippen LogP contribution in [0.25, 0.3) is 0 Å². The standard InChI is InChI=1S/C21H20FN3O5S/c1-12(29-16-6-4-3-5-15(16)22)20-24-25-21(30-20)31-13(2)19(26)23-10-14-7-8-17-18(9-14)28-11-27-17/h3-9,12-13H,10-11H2,1-2H3,(H,23,26)/t12-,13+/m1/s1. The molecular formula is C21H20FN3O5S. The first-order valence-electron chi connectivity index (χ1n) is 9.57. The van der Waals surface area contributed by atoms with Crippen molar-refractivity contribution in [3.8, 4) is 17.2 Å². The molecule has 1 aliphatic rings. The third kappa shape index (κ3) is 5.08. The Balaban J connectivity index is 1.29. The Kier molecular flexibility index (Phi) is 6.26. The summed E-state index contributed by atoms with van der Waals surface area (Å²) in [6.45, 7) is 3.97. The zero-order valence-electron chi connectivity index (χ0n) is 16.8. The van der Waals surface area contributed by atoms with E-state index >= 15 is 0 Å². The lowest BCUT2D eigenvalue weighted by molar-refractivity contribution is -0.120. The van der Waals surface area contributed by atoms with Crippen molar-refractivity contribution in [1.82, 2.24) is 15.5 Å². The molecule has 0 saturated heterocycles. The Hall–Kier alpha value is -3.27. The van der Waals surface area contributed by atoms with Crippen molar-refractivity contribution < 1.29 is 27.8 Å². The molecule has 0 fully saturated rings. The molecule has 1 aliphatic heterocycles. The number of nitrogens with one attached hydrogen (secondary N) is 1. The smallest absolute Gasteiger partial charge is 0.277 e. The highest BCUT2D eigenvalue weighted by Crippen LogP contribution is 2.32. The van der Waals surface area contributed by atoms with Gasteiger partial charge in [-0.05, 0) is 43.7 Å². The summed E-state index contributed by atoms with van der Waals surface area (Å²) in [5.41, 5.74) is 0.897. The van der Waals surface area contributed by atoms with E-state index in [1.807, 2.05) is 18.2 Å². The largest absolute Gasteiger partial charge is 0.478 e. The lowest BCUT2D eigenvalue weighted by Crippen LogP contribution is -2.30. The van der Waals surface area contributed by atoms with Gasteiger partial charge in [-0.3, -0.25) is 4.79 Å². The minimum absolute atomic E-state index is 0.0960. The average molecular weight is 445 g/mol. The highest BCUT2D eigenvalue weighted by atomic mass is 32.2. The summed E-state index contributed by atoms with van der Waals surface area (Å²) in [5, 5.41) is 10.5. The molecule has 31 heavy (non-hydrogen) atoms. The van der Waals surface area contributed by atoms with E-state index < -0.39 is 17.2 Å². The van der Waals surface area contributed by atoms with Crippen molar-refractivity contribution in [1.29, 1.82) is 0 Å². The molecule has 0 bridgehead atoms. The zero-order chi connectivity index (χ0) is 21.8. The first-order chi connectivity index (χ1) is 15.0. The molecule has 2 atom stereocenters. The number of aromatic nitrogens is 2. The van der Waals surface area contributed by atoms with Crippen LogP contribution >= 0.6 is 11.8 Å². The molecule has 0 aliphatic carbocycles. The maximum atomic E-state index is 13.7. The van der Waals surface area contributed by atoms with Crippen LogP contribution in [0.2, 0.25) is 0 Å². The summed E-state index contributed by atoms with van der Waals surface area (Å²) in [5.74, 6) is 0.991. The van der Waals surface area contributed by atoms with Gasteiger partial charge in [-0.2, -0.15) is 0 Å². The second kappa shape index (κ2) is 9.25. The number of thioether (sulfide) groups is 1. The Bertz CT molecular complexity index is 1080. The van der Waals surface area contributed by atoms with Gasteiger partial charge < -0.3 is 23.9 Å². The molecule has 1 aromatic heterocycles. The molecule has 10 heteroatoms. The molecule has 0 saturated carbocycles. The molecule has 4 rings (SSSR count). The van der Waals surface area contributed by atoms with E-state index in [1.54, 1.807) is 26.0 Å². The van der Waals surface area contributed by atoms with Gasteiger partial charge in [0.1, 0.15) is 0 Å². The monoisotopic (exact) mass is 445 g/mol. The second-order valence-electron chi connectivity index (χ2n) is 6.76. The van der Waals surface area contributed by atoms with Crippen molar-refractivity contribution in [2.75, 3.05) is 6.79 Å². The van der Waals surface area contributed by atoms with Crippen LogP contribution in [0.3, 0.4) is 0 Å². The number of halogens is 1. The van der Waals surface area contributed by atoms with Crippen molar-refractivity contribution in [2.45, 2.75) is 37.0 Å². The van der Waals surface area contributed by atoms with Gasteiger partial charge in [-0.25, -0.2) is 4.39 Å². The van der Waals surface area contributed by atoms with Crippen molar-refractivity contribution in [3.63, 3.8) is 0 Å². The van der Waals surface area contributed by atoms with Gasteiger partial charge in [0, 0.05) is 6.54 Å². The molecule has 0 radical (unpaired) electrons. The van der Waals surface area contributed by atoms with E-state index in [2.05, 4.69) is 15.5 Å². The van der Waals surface area contributed by atoms with E-state index in [0.29, 0.717) is 18.0 Å². The molecular weight excluding hydrogens is 425 g/mol. The van der Waals surface area contributed by atoms with Crippen LogP contribution in [-0.4, -0.2) is 28.1 Å². The summed E-state index contributed by atoms with van der Waals surface area (Å²) < 4.78 is 35.5. The quantitative estimate of drug-likeness (QED) is 0.522. The highest BCUT2D eigenvalue weighted by molar-refractivity contribution is 8.00. The van der Waals surface area contributed by atoms with E-state index in [4.69, 9.17) is 18.6 Å². The van der Waals surface area contributed by atoms with Crippen LogP contribution in [0.1, 0.15) is 31.4 Å². The SMILES string of the molecule is C[C@H](Sc1nnc([C@@H](C)Oc2ccccc2F)o1)C(=O)NCc1ccc2c(c1)OCO2. The molecule has 1 amide bonds. The molecule has 3 aromatic rings. The molecule has 1 N–H and O–H groups in total. The van der Waals surface area contributed by atoms with E-state index in [-0.39, 0.29) is 29.6 Å². The lowest BCUT2D eigenvalue weighted by atomic mass is 10.2. The number of carbonyl (C=O) groups is 1. The van der Waals surface area contributed by atoms with Gasteiger partial charge in [0.05, 0.1) is 5.25 Å². The molecule has 162 valence electrons. The average Bonchev–Trinajstić information content (AvgIpc) is 3.42. The Morgan fingerprint density at radius 1 is 1.19 bits per heavy atom. The van der Waals surface area contributed by atoms with Crippen LogP contribution in [0.4, 0.5) is 4.39 Å². The van der Waals surface area contributed by atoms with Gasteiger partial charge in [-0.15, -0.1) is 10.2 Å². The Labute approximate surface area is 182 Å². The van der Waals surface area contributed by atoms with Crippen LogP contribution in [0.5, 0.6) is 17.2 Å². The Morgan fingerprint density at radius 3 is 2.84 bits per heavy atom. The van der Waals surface area contributed by atoms with Crippen LogP contribution in [0, 0.1) is 5.82 Å². The number of fused-ring (bicyclic) bond motifs is 1. The van der Waals surface area contributed by atoms with E-state index in [9.17, 15) is 9.18 Å². The fourth-order valence-electron chi connectivity index (χ4n) is 2.80. The first kappa shape index (κ1) is 21.0. The molecule has 2 heterocycles. The number of amides is 1. The number of para-hydroxylation sites is 1. The summed E-state index contributed by atoms with van der Waals surface area (Å²) in [6.07, 6.45) is -0.645. The summed E-state index contributed by atoms with van der Waals surface area (Å²) in [7, 11) is 0. The maximum absolute atomic E-state index is 13.7. The van der Waals surface area contributed by atoms with Crippen molar-refractivity contribution in [3.05, 3.63) is 59.7 Å². The normalized spacial score (nSPS) is 14.2. The van der Waals surface area contributed by atoms with Crippen molar-refractivity contribution in [2.24, 2.45) is 0 Å². The zero-order valence-corrected chi connectivity index (χ0v) is 17.6. The highest BCUT2D eigenvalue weighted by Gasteiger charge is 2.22. The fraction of sp³-hybridized carbons (Fsp3) is 0.286. The predicted octanol–water partition coefficient (Wildman–Crippen LogP) is 3.87. The minimum Gasteiger partial charge on any atom is -0.478 e. The van der Waals surface area contributed by atoms with Crippen LogP contribution < -0.4 is 19.5 Å². The molecule has 0 unspecified atom stereocenters. The van der Waals surface area contributed by atoms with Crippen LogP contribution in [0.15, 0.2) is 52.1 Å². The van der Waals surface area contributed by atoms with Gasteiger partial charge in [0.2, 0.25) is 12.7 Å². The van der Waals surface area contributed by atoms with Crippen molar-refractivity contribution >= 4 is 17.7 Å². The fourth-order valence-corrected chi connectivity index (χ4v) is 3.52. The van der Waals surface area contributed by atoms with Gasteiger partial charge >= 0.3 is 0 Å². The molecule has 0 spiro atoms. The Morgan fingerprint density at radius 2 is 2.00 bits per heavy atom. The lowest BCUT2D eigenvalue weighted by Gasteiger charge is -2.11. The van der Waals surface area contributed by atoms with Crippen LogP contribution in [-0.2, 0) is 11.3 Å². The first-order valence-corrected chi connectivity index (χ1v) is 10.4. The number of ether oxygens (including phenoxy) is 3. The number of benzene rings is 2. The minimum atomic E-state index is -0.645.